The molecule has 0 aliphatic rings. The molecule has 2 N–H and O–H groups in total. The molecule has 0 aliphatic heterocycles. The lowest BCUT2D eigenvalue weighted by Gasteiger charge is -2.15. The molecule has 7 heteroatoms. The number of ether oxygens (including phenoxy) is 2. The first kappa shape index (κ1) is 19.8. The van der Waals surface area contributed by atoms with Crippen molar-refractivity contribution in [1.29, 1.82) is 0 Å². The Morgan fingerprint density at radius 2 is 1.81 bits per heavy atom. The van der Waals surface area contributed by atoms with E-state index in [0.29, 0.717) is 35.2 Å². The summed E-state index contributed by atoms with van der Waals surface area (Å²) in [7, 11) is 1.57. The average molecular weight is 377 g/mol. The minimum Gasteiger partial charge on any atom is -0.479 e. The van der Waals surface area contributed by atoms with Crippen LogP contribution in [0.1, 0.15) is 17.3 Å². The van der Waals surface area contributed by atoms with Gasteiger partial charge in [-0.2, -0.15) is 0 Å². The first-order valence-corrected chi connectivity index (χ1v) is 8.48. The van der Waals surface area contributed by atoms with Gasteiger partial charge in [0, 0.05) is 24.9 Å². The van der Waals surface area contributed by atoms with Gasteiger partial charge in [-0.25, -0.2) is 0 Å². The third-order valence-corrected chi connectivity index (χ3v) is 3.83. The molecule has 26 heavy (non-hydrogen) atoms. The van der Waals surface area contributed by atoms with Crippen LogP contribution in [0.5, 0.6) is 5.75 Å². The van der Waals surface area contributed by atoms with Crippen LogP contribution in [-0.4, -0.2) is 38.2 Å². The minimum atomic E-state index is -0.730. The highest BCUT2D eigenvalue weighted by Crippen LogP contribution is 2.24. The number of rotatable bonds is 8. The number of halogens is 1. The zero-order chi connectivity index (χ0) is 18.9. The number of nitrogens with one attached hydrogen (secondary N) is 2. The molecule has 1 atom stereocenters. The van der Waals surface area contributed by atoms with Crippen LogP contribution in [0, 0.1) is 0 Å². The fourth-order valence-electron chi connectivity index (χ4n) is 2.10. The molecule has 0 saturated heterocycles. The minimum absolute atomic E-state index is 0.199. The van der Waals surface area contributed by atoms with Crippen molar-refractivity contribution in [2.45, 2.75) is 13.0 Å². The molecule has 0 radical (unpaired) electrons. The maximum Gasteiger partial charge on any atom is 0.265 e. The zero-order valence-electron chi connectivity index (χ0n) is 14.6. The number of carbonyl (C=O) groups excluding carboxylic acids is 2. The number of carbonyl (C=O) groups is 2. The van der Waals surface area contributed by atoms with Crippen molar-refractivity contribution >= 4 is 29.1 Å². The van der Waals surface area contributed by atoms with Crippen molar-refractivity contribution in [3.05, 3.63) is 59.1 Å². The largest absolute Gasteiger partial charge is 0.479 e. The van der Waals surface area contributed by atoms with Crippen LogP contribution >= 0.6 is 11.6 Å². The molecule has 0 fully saturated rings. The van der Waals surface area contributed by atoms with Crippen LogP contribution in [0.25, 0.3) is 0 Å². The van der Waals surface area contributed by atoms with E-state index in [-0.39, 0.29) is 11.8 Å². The molecule has 0 saturated carbocycles. The van der Waals surface area contributed by atoms with Crippen molar-refractivity contribution in [3.8, 4) is 5.75 Å². The molecule has 2 amide bonds. The van der Waals surface area contributed by atoms with Crippen LogP contribution < -0.4 is 15.4 Å². The van der Waals surface area contributed by atoms with Gasteiger partial charge in [0.1, 0.15) is 5.75 Å². The maximum atomic E-state index is 12.2. The average Bonchev–Trinajstić information content (AvgIpc) is 2.64. The molecule has 2 aromatic carbocycles. The van der Waals surface area contributed by atoms with Crippen LogP contribution in [0.4, 0.5) is 5.69 Å². The Morgan fingerprint density at radius 3 is 2.46 bits per heavy atom. The van der Waals surface area contributed by atoms with E-state index in [1.165, 1.54) is 0 Å². The smallest absolute Gasteiger partial charge is 0.265 e. The van der Waals surface area contributed by atoms with Gasteiger partial charge in [0.05, 0.1) is 11.6 Å². The van der Waals surface area contributed by atoms with Crippen LogP contribution in [-0.2, 0) is 9.53 Å². The van der Waals surface area contributed by atoms with E-state index in [1.807, 2.05) is 0 Å². The van der Waals surface area contributed by atoms with E-state index in [4.69, 9.17) is 21.1 Å². The molecule has 0 spiro atoms. The number of amides is 2. The number of hydrogen-bond acceptors (Lipinski definition) is 4. The first-order chi connectivity index (χ1) is 12.5. The van der Waals surface area contributed by atoms with Crippen molar-refractivity contribution in [2.75, 3.05) is 25.6 Å². The summed E-state index contributed by atoms with van der Waals surface area (Å²) in [5, 5.41) is 5.91. The normalized spacial score (nSPS) is 11.5. The molecule has 0 aromatic heterocycles. The highest BCUT2D eigenvalue weighted by atomic mass is 35.5. The predicted molar refractivity (Wildman–Crippen MR) is 101 cm³/mol. The second-order valence-corrected chi connectivity index (χ2v) is 5.91. The van der Waals surface area contributed by atoms with Crippen LogP contribution in [0.3, 0.4) is 0 Å². The zero-order valence-corrected chi connectivity index (χ0v) is 15.4. The summed E-state index contributed by atoms with van der Waals surface area (Å²) in [6, 6.07) is 13.5. The van der Waals surface area contributed by atoms with Gasteiger partial charge in [0.15, 0.2) is 6.10 Å². The molecular formula is C19H21ClN2O4. The van der Waals surface area contributed by atoms with Gasteiger partial charge in [-0.3, -0.25) is 9.59 Å². The van der Waals surface area contributed by atoms with E-state index >= 15 is 0 Å². The van der Waals surface area contributed by atoms with Gasteiger partial charge in [-0.05, 0) is 43.3 Å². The van der Waals surface area contributed by atoms with Gasteiger partial charge in [0.2, 0.25) is 0 Å². The number of anilines is 1. The fourth-order valence-corrected chi connectivity index (χ4v) is 2.28. The van der Waals surface area contributed by atoms with Crippen molar-refractivity contribution in [2.24, 2.45) is 0 Å². The molecule has 6 nitrogen and oxygen atoms in total. The van der Waals surface area contributed by atoms with Crippen LogP contribution in [0.15, 0.2) is 48.5 Å². The standard InChI is InChI=1S/C19H21ClN2O4/c1-13(26-17-6-4-3-5-16(17)20)18(23)22-15-9-7-14(8-10-15)19(24)21-11-12-25-2/h3-10,13H,11-12H2,1-2H3,(H,21,24)(H,22,23). The van der Waals surface area contributed by atoms with Crippen molar-refractivity contribution in [3.63, 3.8) is 0 Å². The third kappa shape index (κ3) is 5.75. The second kappa shape index (κ2) is 9.79. The van der Waals surface area contributed by atoms with E-state index in [2.05, 4.69) is 10.6 Å². The van der Waals surface area contributed by atoms with Gasteiger partial charge in [-0.1, -0.05) is 23.7 Å². The summed E-state index contributed by atoms with van der Waals surface area (Å²) in [5.41, 5.74) is 1.07. The summed E-state index contributed by atoms with van der Waals surface area (Å²) < 4.78 is 10.5. The van der Waals surface area contributed by atoms with Crippen molar-refractivity contribution < 1.29 is 19.1 Å². The predicted octanol–water partition coefficient (Wildman–Crippen LogP) is 3.12. The quantitative estimate of drug-likeness (QED) is 0.694. The highest BCUT2D eigenvalue weighted by molar-refractivity contribution is 6.32. The molecule has 2 aromatic rings. The van der Waals surface area contributed by atoms with Crippen molar-refractivity contribution in [1.82, 2.24) is 5.32 Å². The molecule has 2 rings (SSSR count). The Hall–Kier alpha value is -2.57. The van der Waals surface area contributed by atoms with E-state index in [0.717, 1.165) is 0 Å². The molecule has 0 bridgehead atoms. The van der Waals surface area contributed by atoms with E-state index in [9.17, 15) is 9.59 Å². The fraction of sp³-hybridized carbons (Fsp3) is 0.263. The summed E-state index contributed by atoms with van der Waals surface area (Å²) in [4.78, 5) is 24.2. The maximum absolute atomic E-state index is 12.2. The van der Waals surface area contributed by atoms with Crippen LogP contribution in [0.2, 0.25) is 5.02 Å². The molecule has 138 valence electrons. The van der Waals surface area contributed by atoms with Gasteiger partial charge >= 0.3 is 0 Å². The van der Waals surface area contributed by atoms with E-state index < -0.39 is 6.10 Å². The van der Waals surface area contributed by atoms with Gasteiger partial charge in [-0.15, -0.1) is 0 Å². The number of methoxy groups -OCH3 is 1. The molecule has 1 unspecified atom stereocenters. The third-order valence-electron chi connectivity index (χ3n) is 3.52. The molecule has 0 heterocycles. The van der Waals surface area contributed by atoms with E-state index in [1.54, 1.807) is 62.6 Å². The van der Waals surface area contributed by atoms with Gasteiger partial charge in [0.25, 0.3) is 11.8 Å². The monoisotopic (exact) mass is 376 g/mol. The summed E-state index contributed by atoms with van der Waals surface area (Å²) in [6.45, 7) is 2.52. The lowest BCUT2D eigenvalue weighted by atomic mass is 10.2. The number of hydrogen-bond donors (Lipinski definition) is 2. The van der Waals surface area contributed by atoms with Gasteiger partial charge < -0.3 is 20.1 Å². The topological polar surface area (TPSA) is 76.7 Å². The summed E-state index contributed by atoms with van der Waals surface area (Å²) >= 11 is 6.02. The first-order valence-electron chi connectivity index (χ1n) is 8.10. The number of benzene rings is 2. The lowest BCUT2D eigenvalue weighted by molar-refractivity contribution is -0.122. The number of para-hydroxylation sites is 1. The Bertz CT molecular complexity index is 749. The summed E-state index contributed by atoms with van der Waals surface area (Å²) in [6.07, 6.45) is -0.730. The molecular weight excluding hydrogens is 356 g/mol. The Balaban J connectivity index is 1.90. The Labute approximate surface area is 157 Å². The lowest BCUT2D eigenvalue weighted by Crippen LogP contribution is -2.30. The molecule has 0 aliphatic carbocycles. The highest BCUT2D eigenvalue weighted by Gasteiger charge is 2.16. The summed E-state index contributed by atoms with van der Waals surface area (Å²) in [5.74, 6) is -0.0718. The second-order valence-electron chi connectivity index (χ2n) is 5.51. The Kier molecular flexibility index (Phi) is 7.44. The Morgan fingerprint density at radius 1 is 1.12 bits per heavy atom. The SMILES string of the molecule is COCCNC(=O)c1ccc(NC(=O)C(C)Oc2ccccc2Cl)cc1.